The number of nitrogens with zero attached hydrogens (tertiary/aromatic N) is 3. The van der Waals surface area contributed by atoms with Gasteiger partial charge in [-0.05, 0) is 24.3 Å². The molecule has 0 bridgehead atoms. The summed E-state index contributed by atoms with van der Waals surface area (Å²) in [5, 5.41) is 3.12. The highest BCUT2D eigenvalue weighted by Crippen LogP contribution is 2.25. The molecule has 0 aliphatic carbocycles. The van der Waals surface area contributed by atoms with Crippen LogP contribution >= 0.6 is 23.2 Å². The van der Waals surface area contributed by atoms with E-state index in [1.54, 1.807) is 23.1 Å². The normalized spacial score (nSPS) is 14.1. The first kappa shape index (κ1) is 22.8. The van der Waals surface area contributed by atoms with Crippen molar-refractivity contribution in [2.24, 2.45) is 0 Å². The van der Waals surface area contributed by atoms with Crippen LogP contribution in [0, 0.1) is 0 Å². The van der Waals surface area contributed by atoms with Gasteiger partial charge in [-0.15, -0.1) is 0 Å². The molecule has 1 aliphatic heterocycles. The van der Waals surface area contributed by atoms with Crippen LogP contribution in [0.4, 0.5) is 5.69 Å². The number of halogens is 2. The van der Waals surface area contributed by atoms with E-state index in [0.717, 1.165) is 0 Å². The third-order valence-electron chi connectivity index (χ3n) is 4.76. The number of likely N-dealkylation sites (N-methyl/N-ethyl adjacent to an activating group) is 1. The van der Waals surface area contributed by atoms with E-state index < -0.39 is 11.8 Å². The number of aromatic nitrogens is 1. The van der Waals surface area contributed by atoms with Crippen LogP contribution in [0.1, 0.15) is 23.2 Å². The summed E-state index contributed by atoms with van der Waals surface area (Å²) in [4.78, 5) is 43.7. The summed E-state index contributed by atoms with van der Waals surface area (Å²) in [6.07, 6.45) is 1.18. The van der Waals surface area contributed by atoms with Crippen molar-refractivity contribution in [2.45, 2.75) is 18.9 Å². The second-order valence-corrected chi connectivity index (χ2v) is 8.05. The van der Waals surface area contributed by atoms with Gasteiger partial charge in [-0.25, -0.2) is 4.98 Å². The average molecular weight is 465 g/mol. The Labute approximate surface area is 190 Å². The molecule has 2 heterocycles. The number of nitrogens with one attached hydrogen (secondary N) is 1. The Kier molecular flexibility index (Phi) is 7.35. The highest BCUT2D eigenvalue weighted by atomic mass is 35.5. The van der Waals surface area contributed by atoms with Crippen LogP contribution in [-0.2, 0) is 9.59 Å². The van der Waals surface area contributed by atoms with Gasteiger partial charge >= 0.3 is 11.8 Å². The highest BCUT2D eigenvalue weighted by Gasteiger charge is 2.26. The minimum Gasteiger partial charge on any atom is -0.474 e. The number of carbonyl (C=O) groups is 3. The molecule has 1 fully saturated rings. The number of ether oxygens (including phenoxy) is 1. The molecule has 0 saturated carbocycles. The third-order valence-corrected chi connectivity index (χ3v) is 5.30. The molecule has 1 aromatic carbocycles. The molecule has 0 unspecified atom stereocenters. The lowest BCUT2D eigenvalue weighted by Gasteiger charge is -2.32. The number of carbonyl (C=O) groups excluding carboxylic acids is 3. The molecule has 1 saturated heterocycles. The molecule has 1 N–H and O–H groups in total. The van der Waals surface area contributed by atoms with E-state index in [0.29, 0.717) is 42.7 Å². The summed E-state index contributed by atoms with van der Waals surface area (Å²) in [6.45, 7) is 0.964. The topological polar surface area (TPSA) is 91.8 Å². The fourth-order valence-electron chi connectivity index (χ4n) is 3.13. The zero-order valence-corrected chi connectivity index (χ0v) is 18.6. The molecule has 1 aliphatic rings. The Bertz CT molecular complexity index is 991. The lowest BCUT2D eigenvalue weighted by molar-refractivity contribution is -0.141. The molecule has 164 valence electrons. The Morgan fingerprint density at radius 1 is 1.13 bits per heavy atom. The molecule has 0 spiro atoms. The van der Waals surface area contributed by atoms with Crippen LogP contribution in [0.25, 0.3) is 0 Å². The highest BCUT2D eigenvalue weighted by molar-refractivity contribution is 6.39. The molecule has 3 amide bonds. The smallest absolute Gasteiger partial charge is 0.313 e. The van der Waals surface area contributed by atoms with Crippen molar-refractivity contribution in [1.82, 2.24) is 14.8 Å². The van der Waals surface area contributed by atoms with Gasteiger partial charge in [-0.1, -0.05) is 29.3 Å². The number of hydrogen-bond donors (Lipinski definition) is 1. The molecule has 31 heavy (non-hydrogen) atoms. The Hall–Kier alpha value is -2.84. The summed E-state index contributed by atoms with van der Waals surface area (Å²) >= 11 is 12.1. The van der Waals surface area contributed by atoms with Crippen molar-refractivity contribution in [3.8, 4) is 5.88 Å². The predicted molar refractivity (Wildman–Crippen MR) is 118 cm³/mol. The van der Waals surface area contributed by atoms with Crippen molar-refractivity contribution < 1.29 is 19.1 Å². The summed E-state index contributed by atoms with van der Waals surface area (Å²) in [6, 6.07) is 9.72. The quantitative estimate of drug-likeness (QED) is 0.554. The molecule has 0 atom stereocenters. The predicted octanol–water partition coefficient (Wildman–Crippen LogP) is 3.10. The van der Waals surface area contributed by atoms with Gasteiger partial charge in [0.15, 0.2) is 0 Å². The van der Waals surface area contributed by atoms with Crippen molar-refractivity contribution >= 4 is 46.6 Å². The van der Waals surface area contributed by atoms with Gasteiger partial charge in [0.2, 0.25) is 5.88 Å². The largest absolute Gasteiger partial charge is 0.474 e. The standard InChI is InChI=1S/C21H22Cl2N4O4/c1-26(2)21(30)19(28)24-13-6-7-16(22)15(12-13)20(29)27-10-8-14(9-11-27)31-18-5-3-4-17(23)25-18/h3-7,12,14H,8-11H2,1-2H3,(H,24,28). The van der Waals surface area contributed by atoms with Crippen LogP contribution in [0.15, 0.2) is 36.4 Å². The summed E-state index contributed by atoms with van der Waals surface area (Å²) in [5.74, 6) is -1.28. The van der Waals surface area contributed by atoms with Crippen molar-refractivity contribution in [2.75, 3.05) is 32.5 Å². The SMILES string of the molecule is CN(C)C(=O)C(=O)Nc1ccc(Cl)c(C(=O)N2CCC(Oc3cccc(Cl)n3)CC2)c1. The van der Waals surface area contributed by atoms with Gasteiger partial charge < -0.3 is 19.9 Å². The van der Waals surface area contributed by atoms with Crippen LogP contribution < -0.4 is 10.1 Å². The van der Waals surface area contributed by atoms with Gasteiger partial charge in [0.05, 0.1) is 10.6 Å². The fraction of sp³-hybridized carbons (Fsp3) is 0.333. The molecule has 2 aromatic rings. The Balaban J connectivity index is 1.62. The zero-order chi connectivity index (χ0) is 22.5. The first-order chi connectivity index (χ1) is 14.7. The van der Waals surface area contributed by atoms with E-state index in [4.69, 9.17) is 27.9 Å². The molecule has 8 nitrogen and oxygen atoms in total. The number of amides is 3. The maximum atomic E-state index is 13.0. The van der Waals surface area contributed by atoms with E-state index in [2.05, 4.69) is 10.3 Å². The van der Waals surface area contributed by atoms with Gasteiger partial charge in [0, 0.05) is 51.8 Å². The third kappa shape index (κ3) is 5.86. The lowest BCUT2D eigenvalue weighted by Crippen LogP contribution is -2.42. The molecule has 0 radical (unpaired) electrons. The van der Waals surface area contributed by atoms with Gasteiger partial charge in [-0.3, -0.25) is 14.4 Å². The molecular formula is C21H22Cl2N4O4. The van der Waals surface area contributed by atoms with Crippen molar-refractivity contribution in [3.63, 3.8) is 0 Å². The minimum absolute atomic E-state index is 0.0758. The van der Waals surface area contributed by atoms with Crippen LogP contribution in [-0.4, -0.2) is 65.8 Å². The van der Waals surface area contributed by atoms with Crippen molar-refractivity contribution in [1.29, 1.82) is 0 Å². The lowest BCUT2D eigenvalue weighted by atomic mass is 10.1. The second kappa shape index (κ2) is 9.98. The van der Waals surface area contributed by atoms with Gasteiger partial charge in [0.25, 0.3) is 5.91 Å². The van der Waals surface area contributed by atoms with Crippen LogP contribution in [0.2, 0.25) is 10.2 Å². The number of piperidine rings is 1. The Morgan fingerprint density at radius 3 is 2.48 bits per heavy atom. The summed E-state index contributed by atoms with van der Waals surface area (Å²) < 4.78 is 5.86. The second-order valence-electron chi connectivity index (χ2n) is 7.26. The minimum atomic E-state index is -0.793. The van der Waals surface area contributed by atoms with Crippen molar-refractivity contribution in [3.05, 3.63) is 52.1 Å². The molecule has 1 aromatic heterocycles. The number of anilines is 1. The van der Waals surface area contributed by atoms with Gasteiger partial charge in [-0.2, -0.15) is 0 Å². The van der Waals surface area contributed by atoms with Crippen LogP contribution in [0.3, 0.4) is 0 Å². The number of pyridine rings is 1. The maximum Gasteiger partial charge on any atom is 0.313 e. The monoisotopic (exact) mass is 464 g/mol. The van der Waals surface area contributed by atoms with Gasteiger partial charge in [0.1, 0.15) is 11.3 Å². The van der Waals surface area contributed by atoms with Crippen LogP contribution in [0.5, 0.6) is 5.88 Å². The van der Waals surface area contributed by atoms with E-state index in [1.165, 1.54) is 37.2 Å². The van der Waals surface area contributed by atoms with E-state index in [9.17, 15) is 14.4 Å². The van der Waals surface area contributed by atoms with E-state index >= 15 is 0 Å². The first-order valence-corrected chi connectivity index (χ1v) is 10.4. The first-order valence-electron chi connectivity index (χ1n) is 9.65. The summed E-state index contributed by atoms with van der Waals surface area (Å²) in [7, 11) is 2.96. The number of likely N-dealkylation sites (tertiary alicyclic amines) is 1. The summed E-state index contributed by atoms with van der Waals surface area (Å²) in [5.41, 5.74) is 0.575. The fourth-order valence-corrected chi connectivity index (χ4v) is 3.48. The number of hydrogen-bond acceptors (Lipinski definition) is 5. The van der Waals surface area contributed by atoms with E-state index in [1.807, 2.05) is 0 Å². The maximum absolute atomic E-state index is 13.0. The molecule has 10 heteroatoms. The number of rotatable bonds is 4. The average Bonchev–Trinajstić information content (AvgIpc) is 2.74. The molecule has 3 rings (SSSR count). The van der Waals surface area contributed by atoms with E-state index in [-0.39, 0.29) is 22.6 Å². The zero-order valence-electron chi connectivity index (χ0n) is 17.1. The molecular weight excluding hydrogens is 443 g/mol. The number of benzene rings is 1. The Morgan fingerprint density at radius 2 is 1.84 bits per heavy atom.